The Morgan fingerprint density at radius 3 is 2.35 bits per heavy atom. The number of aromatic nitrogens is 3. The number of nitrogens with zero attached hydrogens (tertiary/aromatic N) is 2. The van der Waals surface area contributed by atoms with Gasteiger partial charge in [0.2, 0.25) is 0 Å². The molecule has 0 fully saturated rings. The van der Waals surface area contributed by atoms with Gasteiger partial charge in [-0.25, -0.2) is 9.78 Å². The number of anilines is 1. The van der Waals surface area contributed by atoms with E-state index in [1.807, 2.05) is 30.3 Å². The summed E-state index contributed by atoms with van der Waals surface area (Å²) in [7, 11) is 0. The number of rotatable bonds is 3. The predicted octanol–water partition coefficient (Wildman–Crippen LogP) is 4.33. The van der Waals surface area contributed by atoms with Gasteiger partial charge in [-0.1, -0.05) is 40.2 Å². The second kappa shape index (κ2) is 6.27. The van der Waals surface area contributed by atoms with Crippen molar-refractivity contribution in [1.82, 2.24) is 15.2 Å². The number of aromatic carboxylic acids is 1. The summed E-state index contributed by atoms with van der Waals surface area (Å²) in [5.41, 5.74) is 10.2. The van der Waals surface area contributed by atoms with Crippen molar-refractivity contribution in [1.29, 1.82) is 0 Å². The Morgan fingerprint density at radius 2 is 1.69 bits per heavy atom. The Labute approximate surface area is 156 Å². The Hall–Kier alpha value is -3.19. The Morgan fingerprint density at radius 1 is 1.04 bits per heavy atom. The molecule has 2 heterocycles. The molecule has 4 aromatic rings. The molecule has 0 bridgehead atoms. The maximum atomic E-state index is 11.0. The average molecular weight is 409 g/mol. The minimum absolute atomic E-state index is 0.230. The number of hydrogen-bond donors (Lipinski definition) is 3. The first-order valence-electron chi connectivity index (χ1n) is 7.77. The Bertz CT molecular complexity index is 1120. The van der Waals surface area contributed by atoms with Crippen molar-refractivity contribution in [2.75, 3.05) is 5.73 Å². The number of nitrogen functional groups attached to an aromatic ring is 1. The summed E-state index contributed by atoms with van der Waals surface area (Å²) in [5.74, 6) is -0.574. The molecule has 0 radical (unpaired) electrons. The van der Waals surface area contributed by atoms with Crippen LogP contribution < -0.4 is 5.73 Å². The fourth-order valence-corrected chi connectivity index (χ4v) is 3.08. The van der Waals surface area contributed by atoms with Gasteiger partial charge in [-0.3, -0.25) is 5.10 Å². The minimum atomic E-state index is -0.961. The molecule has 0 saturated heterocycles. The fourth-order valence-electron chi connectivity index (χ4n) is 2.82. The minimum Gasteiger partial charge on any atom is -0.478 e. The molecular formula is C19H13BrN4O2. The van der Waals surface area contributed by atoms with Crippen LogP contribution in [0.15, 0.2) is 59.1 Å². The number of nitrogens with two attached hydrogens (primary N) is 1. The summed E-state index contributed by atoms with van der Waals surface area (Å²) in [6.07, 6.45) is 0. The average Bonchev–Trinajstić information content (AvgIpc) is 3.03. The highest BCUT2D eigenvalue weighted by molar-refractivity contribution is 9.10. The van der Waals surface area contributed by atoms with Crippen molar-refractivity contribution in [2.45, 2.75) is 0 Å². The van der Waals surface area contributed by atoms with E-state index in [-0.39, 0.29) is 5.56 Å². The first-order valence-corrected chi connectivity index (χ1v) is 8.56. The SMILES string of the molecule is Nc1n[nH]c2cc(-c3ccc(C(=O)O)cc3)nc(-c3ccc(Br)cc3)c12. The van der Waals surface area contributed by atoms with E-state index in [0.29, 0.717) is 11.5 Å². The smallest absolute Gasteiger partial charge is 0.335 e. The summed E-state index contributed by atoms with van der Waals surface area (Å²) in [4.78, 5) is 15.8. The predicted molar refractivity (Wildman–Crippen MR) is 104 cm³/mol. The van der Waals surface area contributed by atoms with Crippen LogP contribution in [0.25, 0.3) is 33.4 Å². The number of pyridine rings is 1. The van der Waals surface area contributed by atoms with Gasteiger partial charge in [0, 0.05) is 15.6 Å². The molecule has 0 aliphatic rings. The molecule has 0 unspecified atom stereocenters. The van der Waals surface area contributed by atoms with Crippen LogP contribution in [0.1, 0.15) is 10.4 Å². The fraction of sp³-hybridized carbons (Fsp3) is 0. The van der Waals surface area contributed by atoms with Gasteiger partial charge >= 0.3 is 5.97 Å². The second-order valence-corrected chi connectivity index (χ2v) is 6.69. The number of hydrogen-bond acceptors (Lipinski definition) is 4. The summed E-state index contributed by atoms with van der Waals surface area (Å²) in [6.45, 7) is 0. The van der Waals surface area contributed by atoms with E-state index in [4.69, 9.17) is 15.8 Å². The number of carbonyl (C=O) groups is 1. The van der Waals surface area contributed by atoms with Gasteiger partial charge < -0.3 is 10.8 Å². The summed E-state index contributed by atoms with van der Waals surface area (Å²) < 4.78 is 0.970. The van der Waals surface area contributed by atoms with Crippen LogP contribution in [0.4, 0.5) is 5.82 Å². The molecule has 0 saturated carbocycles. The van der Waals surface area contributed by atoms with Gasteiger partial charge in [0.25, 0.3) is 0 Å². The Kier molecular flexibility index (Phi) is 3.93. The summed E-state index contributed by atoms with van der Waals surface area (Å²) >= 11 is 3.43. The molecule has 0 aliphatic heterocycles. The molecule has 0 amide bonds. The van der Waals surface area contributed by atoms with Gasteiger partial charge in [-0.2, -0.15) is 5.10 Å². The van der Waals surface area contributed by atoms with Crippen LogP contribution in [-0.4, -0.2) is 26.3 Å². The quantitative estimate of drug-likeness (QED) is 0.467. The number of halogens is 1. The molecular weight excluding hydrogens is 396 g/mol. The molecule has 6 nitrogen and oxygen atoms in total. The maximum absolute atomic E-state index is 11.0. The number of nitrogens with one attached hydrogen (secondary N) is 1. The third kappa shape index (κ3) is 2.82. The maximum Gasteiger partial charge on any atom is 0.335 e. The Balaban J connectivity index is 1.91. The summed E-state index contributed by atoms with van der Waals surface area (Å²) in [5, 5.41) is 16.8. The molecule has 0 spiro atoms. The van der Waals surface area contributed by atoms with Crippen LogP contribution in [0.2, 0.25) is 0 Å². The molecule has 0 atom stereocenters. The molecule has 128 valence electrons. The van der Waals surface area contributed by atoms with Crippen LogP contribution >= 0.6 is 15.9 Å². The van der Waals surface area contributed by atoms with Crippen LogP contribution in [0.3, 0.4) is 0 Å². The van der Waals surface area contributed by atoms with E-state index in [1.165, 1.54) is 0 Å². The van der Waals surface area contributed by atoms with E-state index in [0.717, 1.165) is 32.2 Å². The van der Waals surface area contributed by atoms with E-state index in [2.05, 4.69) is 26.1 Å². The van der Waals surface area contributed by atoms with Crippen molar-refractivity contribution in [3.05, 3.63) is 64.6 Å². The highest BCUT2D eigenvalue weighted by Crippen LogP contribution is 2.33. The van der Waals surface area contributed by atoms with E-state index in [9.17, 15) is 4.79 Å². The van der Waals surface area contributed by atoms with Crippen molar-refractivity contribution in [3.8, 4) is 22.5 Å². The van der Waals surface area contributed by atoms with E-state index >= 15 is 0 Å². The first-order chi connectivity index (χ1) is 12.5. The lowest BCUT2D eigenvalue weighted by molar-refractivity contribution is 0.0697. The van der Waals surface area contributed by atoms with Gasteiger partial charge in [-0.05, 0) is 30.3 Å². The van der Waals surface area contributed by atoms with E-state index in [1.54, 1.807) is 24.3 Å². The van der Waals surface area contributed by atoms with Crippen molar-refractivity contribution >= 4 is 38.6 Å². The zero-order valence-corrected chi connectivity index (χ0v) is 15.0. The number of fused-ring (bicyclic) bond motifs is 1. The van der Waals surface area contributed by atoms with E-state index < -0.39 is 5.97 Å². The molecule has 2 aromatic carbocycles. The molecule has 2 aromatic heterocycles. The van der Waals surface area contributed by atoms with Crippen molar-refractivity contribution < 1.29 is 9.90 Å². The normalized spacial score (nSPS) is 11.0. The lowest BCUT2D eigenvalue weighted by Gasteiger charge is -2.08. The number of H-pyrrole nitrogens is 1. The third-order valence-corrected chi connectivity index (χ3v) is 4.65. The molecule has 0 aliphatic carbocycles. The largest absolute Gasteiger partial charge is 0.478 e. The molecule has 4 rings (SSSR count). The third-order valence-electron chi connectivity index (χ3n) is 4.12. The molecule has 4 N–H and O–H groups in total. The lowest BCUT2D eigenvalue weighted by Crippen LogP contribution is -1.96. The van der Waals surface area contributed by atoms with Crippen LogP contribution in [0, 0.1) is 0 Å². The topological polar surface area (TPSA) is 105 Å². The van der Waals surface area contributed by atoms with Gasteiger partial charge in [0.05, 0.1) is 27.9 Å². The number of carboxylic acids is 1. The van der Waals surface area contributed by atoms with Crippen molar-refractivity contribution in [3.63, 3.8) is 0 Å². The number of benzene rings is 2. The summed E-state index contributed by atoms with van der Waals surface area (Å²) in [6, 6.07) is 16.2. The highest BCUT2D eigenvalue weighted by Gasteiger charge is 2.15. The zero-order valence-electron chi connectivity index (χ0n) is 13.4. The molecule has 7 heteroatoms. The van der Waals surface area contributed by atoms with Gasteiger partial charge in [0.15, 0.2) is 5.82 Å². The van der Waals surface area contributed by atoms with Crippen molar-refractivity contribution in [2.24, 2.45) is 0 Å². The first kappa shape index (κ1) is 16.3. The molecule has 26 heavy (non-hydrogen) atoms. The van der Waals surface area contributed by atoms with Crippen LogP contribution in [0.5, 0.6) is 0 Å². The lowest BCUT2D eigenvalue weighted by atomic mass is 10.0. The number of aromatic amines is 1. The standard InChI is InChI=1S/C19H13BrN4O2/c20-13-7-5-11(6-8-13)17-16-15(23-24-18(16)21)9-14(22-17)10-1-3-12(4-2-10)19(25)26/h1-9H,(H,25,26)(H3,21,23,24). The van der Waals surface area contributed by atoms with Gasteiger partial charge in [0.1, 0.15) is 0 Å². The zero-order chi connectivity index (χ0) is 18.3. The monoisotopic (exact) mass is 408 g/mol. The van der Waals surface area contributed by atoms with Crippen LogP contribution in [-0.2, 0) is 0 Å². The van der Waals surface area contributed by atoms with Gasteiger partial charge in [-0.15, -0.1) is 0 Å². The highest BCUT2D eigenvalue weighted by atomic mass is 79.9. The number of carboxylic acid groups (broad SMARTS) is 1. The second-order valence-electron chi connectivity index (χ2n) is 5.78.